The molecule has 2 amide bonds. The van der Waals surface area contributed by atoms with Gasteiger partial charge in [-0.1, -0.05) is 11.8 Å². The zero-order chi connectivity index (χ0) is 21.0. The van der Waals surface area contributed by atoms with E-state index in [4.69, 9.17) is 15.4 Å². The van der Waals surface area contributed by atoms with Crippen LogP contribution in [-0.2, 0) is 4.79 Å². The Morgan fingerprint density at radius 2 is 1.79 bits per heavy atom. The lowest BCUT2D eigenvalue weighted by atomic mass is 9.93. The Bertz CT molecular complexity index is 782. The fourth-order valence-electron chi connectivity index (χ4n) is 2.30. The molecule has 0 heterocycles. The Balaban J connectivity index is 2.88. The third-order valence-electron chi connectivity index (χ3n) is 3.80. The number of nitrogens with one attached hydrogen (secondary N) is 3. The van der Waals surface area contributed by atoms with Crippen LogP contribution in [0.3, 0.4) is 0 Å². The summed E-state index contributed by atoms with van der Waals surface area (Å²) >= 11 is 0. The van der Waals surface area contributed by atoms with Crippen molar-refractivity contribution in [1.29, 1.82) is 0 Å². The van der Waals surface area contributed by atoms with Crippen LogP contribution in [0.1, 0.15) is 36.2 Å². The van der Waals surface area contributed by atoms with Gasteiger partial charge in [-0.2, -0.15) is 0 Å². The van der Waals surface area contributed by atoms with Gasteiger partial charge in [0, 0.05) is 29.6 Å². The molecule has 28 heavy (non-hydrogen) atoms. The van der Waals surface area contributed by atoms with Crippen LogP contribution < -0.4 is 16.1 Å². The molecule has 0 bridgehead atoms. The van der Waals surface area contributed by atoms with E-state index in [2.05, 4.69) is 34.3 Å². The van der Waals surface area contributed by atoms with Crippen molar-refractivity contribution in [2.45, 2.75) is 31.8 Å². The van der Waals surface area contributed by atoms with Gasteiger partial charge in [-0.05, 0) is 50.0 Å². The molecule has 1 atom stereocenters. The highest BCUT2D eigenvalue weighted by Crippen LogP contribution is 2.11. The summed E-state index contributed by atoms with van der Waals surface area (Å²) in [6.45, 7) is 3.39. The van der Waals surface area contributed by atoms with E-state index in [0.29, 0.717) is 17.5 Å². The smallest absolute Gasteiger partial charge is 0.267 e. The Hall–Kier alpha value is -2.88. The van der Waals surface area contributed by atoms with Gasteiger partial charge in [0.05, 0.1) is 13.2 Å². The standard InChI is InChI=1S/C20H25N3O5/c1-20(2,21-12-14-25)17(19(27)23-28)22-18(26)16-10-8-15(9-11-16)7-5-3-4-6-13-24/h8-11,17,21,24-25,28H,6,12-14H2,1-2H3,(H,22,26)(H,23,27)/t17-/m1/s1. The summed E-state index contributed by atoms with van der Waals surface area (Å²) in [6.07, 6.45) is 0.361. The van der Waals surface area contributed by atoms with Crippen molar-refractivity contribution < 1.29 is 25.0 Å². The van der Waals surface area contributed by atoms with E-state index < -0.39 is 23.4 Å². The average molecular weight is 387 g/mol. The van der Waals surface area contributed by atoms with Gasteiger partial charge in [-0.25, -0.2) is 5.48 Å². The predicted octanol–water partition coefficient (Wildman–Crippen LogP) is -0.612. The second-order valence-corrected chi connectivity index (χ2v) is 6.36. The van der Waals surface area contributed by atoms with Gasteiger partial charge < -0.3 is 20.8 Å². The van der Waals surface area contributed by atoms with Crippen LogP contribution in [-0.4, -0.2) is 58.6 Å². The number of rotatable bonds is 8. The SMILES string of the molecule is CC(C)(NCCO)[C@H](NC(=O)c1ccc(C#CC#CCCO)cc1)C(=O)NO. The summed E-state index contributed by atoms with van der Waals surface area (Å²) in [4.78, 5) is 24.5. The van der Waals surface area contributed by atoms with Crippen LogP contribution in [0.2, 0.25) is 0 Å². The summed E-state index contributed by atoms with van der Waals surface area (Å²) in [7, 11) is 0. The number of β-amino-alcohol motifs (C(OH)–C–C–N with tert-alkyl or cyclic N) is 1. The maximum absolute atomic E-state index is 12.5. The highest BCUT2D eigenvalue weighted by atomic mass is 16.5. The van der Waals surface area contributed by atoms with E-state index in [1.54, 1.807) is 43.6 Å². The highest BCUT2D eigenvalue weighted by Gasteiger charge is 2.36. The Morgan fingerprint density at radius 1 is 1.11 bits per heavy atom. The molecule has 0 aromatic heterocycles. The lowest BCUT2D eigenvalue weighted by Gasteiger charge is -2.34. The molecule has 0 saturated heterocycles. The van der Waals surface area contributed by atoms with E-state index in [1.165, 1.54) is 0 Å². The second-order valence-electron chi connectivity index (χ2n) is 6.36. The first-order valence-electron chi connectivity index (χ1n) is 8.66. The summed E-state index contributed by atoms with van der Waals surface area (Å²) in [6, 6.07) is 5.32. The van der Waals surface area contributed by atoms with Crippen LogP contribution in [0, 0.1) is 23.7 Å². The van der Waals surface area contributed by atoms with Crippen molar-refractivity contribution in [3.05, 3.63) is 35.4 Å². The molecule has 0 aliphatic heterocycles. The highest BCUT2D eigenvalue weighted by molar-refractivity contribution is 5.97. The first-order valence-corrected chi connectivity index (χ1v) is 8.66. The van der Waals surface area contributed by atoms with Gasteiger partial charge in [-0.3, -0.25) is 14.8 Å². The summed E-state index contributed by atoms with van der Waals surface area (Å²) in [5.41, 5.74) is 1.59. The number of amides is 2. The first kappa shape index (κ1) is 23.2. The summed E-state index contributed by atoms with van der Waals surface area (Å²) in [5, 5.41) is 32.1. The van der Waals surface area contributed by atoms with Crippen LogP contribution in [0.4, 0.5) is 0 Å². The normalized spacial score (nSPS) is 11.3. The Labute approximate surface area is 164 Å². The van der Waals surface area contributed by atoms with Crippen molar-refractivity contribution in [3.8, 4) is 23.7 Å². The molecule has 0 aliphatic rings. The molecule has 0 saturated carbocycles. The Morgan fingerprint density at radius 3 is 2.36 bits per heavy atom. The molecule has 6 N–H and O–H groups in total. The monoisotopic (exact) mass is 387 g/mol. The molecule has 0 spiro atoms. The van der Waals surface area contributed by atoms with Crippen LogP contribution in [0.25, 0.3) is 0 Å². The van der Waals surface area contributed by atoms with Crippen LogP contribution in [0.15, 0.2) is 24.3 Å². The molecule has 1 aromatic carbocycles. The predicted molar refractivity (Wildman–Crippen MR) is 103 cm³/mol. The number of aliphatic hydroxyl groups excluding tert-OH is 2. The molecule has 0 unspecified atom stereocenters. The molecular formula is C20H25N3O5. The van der Waals surface area contributed by atoms with Crippen molar-refractivity contribution in [3.63, 3.8) is 0 Å². The molecule has 1 aromatic rings. The molecule has 150 valence electrons. The van der Waals surface area contributed by atoms with Gasteiger partial charge in [0.1, 0.15) is 6.04 Å². The lowest BCUT2D eigenvalue weighted by Crippen LogP contribution is -2.63. The molecule has 1 rings (SSSR count). The number of benzene rings is 1. The van der Waals surface area contributed by atoms with Crippen molar-refractivity contribution in [2.75, 3.05) is 19.8 Å². The van der Waals surface area contributed by atoms with E-state index >= 15 is 0 Å². The maximum atomic E-state index is 12.5. The minimum Gasteiger partial charge on any atom is -0.395 e. The van der Waals surface area contributed by atoms with Gasteiger partial charge in [0.2, 0.25) is 0 Å². The zero-order valence-corrected chi connectivity index (χ0v) is 15.9. The van der Waals surface area contributed by atoms with E-state index in [0.717, 1.165) is 0 Å². The minimum absolute atomic E-state index is 0.0138. The molecule has 0 fully saturated rings. The quantitative estimate of drug-likeness (QED) is 0.200. The van der Waals surface area contributed by atoms with Gasteiger partial charge in [0.15, 0.2) is 0 Å². The summed E-state index contributed by atoms with van der Waals surface area (Å²) < 4.78 is 0. The fraction of sp³-hybridized carbons (Fsp3) is 0.400. The summed E-state index contributed by atoms with van der Waals surface area (Å²) in [5.74, 6) is 9.47. The van der Waals surface area contributed by atoms with E-state index in [1.807, 2.05) is 0 Å². The van der Waals surface area contributed by atoms with E-state index in [9.17, 15) is 9.59 Å². The minimum atomic E-state index is -1.09. The van der Waals surface area contributed by atoms with Gasteiger partial charge in [-0.15, -0.1) is 0 Å². The number of hydrogen-bond acceptors (Lipinski definition) is 6. The topological polar surface area (TPSA) is 131 Å². The zero-order valence-electron chi connectivity index (χ0n) is 15.9. The molecular weight excluding hydrogens is 362 g/mol. The number of hydroxylamine groups is 1. The third-order valence-corrected chi connectivity index (χ3v) is 3.80. The van der Waals surface area contributed by atoms with Crippen molar-refractivity contribution in [2.24, 2.45) is 0 Å². The number of hydrogen-bond donors (Lipinski definition) is 6. The van der Waals surface area contributed by atoms with Gasteiger partial charge in [0.25, 0.3) is 11.8 Å². The lowest BCUT2D eigenvalue weighted by molar-refractivity contribution is -0.133. The van der Waals surface area contributed by atoms with E-state index in [-0.39, 0.29) is 19.8 Å². The largest absolute Gasteiger partial charge is 0.395 e. The van der Waals surface area contributed by atoms with Gasteiger partial charge >= 0.3 is 0 Å². The Kier molecular flexibility index (Phi) is 9.72. The third kappa shape index (κ3) is 7.39. The first-order chi connectivity index (χ1) is 13.4. The molecule has 8 heteroatoms. The number of carbonyl (C=O) groups is 2. The van der Waals surface area contributed by atoms with Crippen LogP contribution >= 0.6 is 0 Å². The van der Waals surface area contributed by atoms with Crippen molar-refractivity contribution in [1.82, 2.24) is 16.1 Å². The number of aliphatic hydroxyl groups is 2. The van der Waals surface area contributed by atoms with Crippen LogP contribution in [0.5, 0.6) is 0 Å². The fourth-order valence-corrected chi connectivity index (χ4v) is 2.30. The van der Waals surface area contributed by atoms with Crippen molar-refractivity contribution >= 4 is 11.8 Å². The number of carbonyl (C=O) groups excluding carboxylic acids is 2. The maximum Gasteiger partial charge on any atom is 0.267 e. The average Bonchev–Trinajstić information content (AvgIpc) is 2.70. The molecule has 0 aliphatic carbocycles. The second kappa shape index (κ2) is 11.8. The molecule has 0 radical (unpaired) electrons. The molecule has 8 nitrogen and oxygen atoms in total.